The third-order valence-electron chi connectivity index (χ3n) is 5.26. The Labute approximate surface area is 182 Å². The molecule has 8 heteroatoms. The number of carbonyl (C=O) groups excluding carboxylic acids is 2. The first-order chi connectivity index (χ1) is 14.6. The maximum Gasteiger partial charge on any atom is 0.407 e. The Morgan fingerprint density at radius 3 is 2.71 bits per heavy atom. The van der Waals surface area contributed by atoms with Gasteiger partial charge in [-0.25, -0.2) is 14.2 Å². The van der Waals surface area contributed by atoms with E-state index in [0.29, 0.717) is 37.6 Å². The summed E-state index contributed by atoms with van der Waals surface area (Å²) in [5, 5.41) is 2.87. The van der Waals surface area contributed by atoms with Crippen LogP contribution in [0.3, 0.4) is 0 Å². The Morgan fingerprint density at radius 2 is 2.03 bits per heavy atom. The highest BCUT2D eigenvalue weighted by molar-refractivity contribution is 5.76. The molecule has 0 spiro atoms. The van der Waals surface area contributed by atoms with E-state index >= 15 is 0 Å². The van der Waals surface area contributed by atoms with Crippen molar-refractivity contribution in [1.82, 2.24) is 15.2 Å². The second-order valence-corrected chi connectivity index (χ2v) is 8.95. The van der Waals surface area contributed by atoms with E-state index in [1.165, 1.54) is 12.1 Å². The van der Waals surface area contributed by atoms with E-state index in [1.54, 1.807) is 18.3 Å². The molecule has 168 valence electrons. The third kappa shape index (κ3) is 6.54. The lowest BCUT2D eigenvalue weighted by atomic mass is 10.0. The van der Waals surface area contributed by atoms with Gasteiger partial charge in [0.1, 0.15) is 11.4 Å². The summed E-state index contributed by atoms with van der Waals surface area (Å²) < 4.78 is 24.1. The summed E-state index contributed by atoms with van der Waals surface area (Å²) in [6.07, 6.45) is 2.67. The molecule has 0 saturated carbocycles. The zero-order valence-corrected chi connectivity index (χ0v) is 18.5. The molecule has 3 rings (SSSR count). The van der Waals surface area contributed by atoms with Crippen LogP contribution in [0.5, 0.6) is 0 Å². The quantitative estimate of drug-likeness (QED) is 0.742. The Balaban J connectivity index is 1.45. The molecule has 1 aromatic heterocycles. The standard InChI is InChI=1S/C23H30FN3O4/c1-15(26-22(29)31-23(2,3)4)17-11-12-27(14-17)21(28)10-9-20-25-13-19(30-20)16-5-7-18(24)8-6-16/h5-8,13,15,17H,9-12,14H2,1-4H3,(H,26,29)/t15-,17-/m0/s1. The molecule has 1 saturated heterocycles. The van der Waals surface area contributed by atoms with Crippen LogP contribution >= 0.6 is 0 Å². The smallest absolute Gasteiger partial charge is 0.407 e. The number of amides is 2. The van der Waals surface area contributed by atoms with E-state index in [2.05, 4.69) is 10.3 Å². The minimum absolute atomic E-state index is 0.0356. The highest BCUT2D eigenvalue weighted by atomic mass is 19.1. The minimum atomic E-state index is -0.544. The number of nitrogens with one attached hydrogen (secondary N) is 1. The molecule has 2 heterocycles. The van der Waals surface area contributed by atoms with E-state index < -0.39 is 11.7 Å². The molecule has 0 aliphatic carbocycles. The summed E-state index contributed by atoms with van der Waals surface area (Å²) in [5.74, 6) is 0.930. The van der Waals surface area contributed by atoms with Gasteiger partial charge in [0.25, 0.3) is 0 Å². The van der Waals surface area contributed by atoms with Gasteiger partial charge in [0.05, 0.1) is 6.20 Å². The van der Waals surface area contributed by atoms with Gasteiger partial charge in [0.15, 0.2) is 11.7 Å². The van der Waals surface area contributed by atoms with Gasteiger partial charge in [0.2, 0.25) is 5.91 Å². The summed E-state index contributed by atoms with van der Waals surface area (Å²) in [4.78, 5) is 30.6. The number of ether oxygens (including phenoxy) is 1. The molecule has 1 N–H and O–H groups in total. The Kier molecular flexibility index (Phi) is 6.97. The molecule has 2 aromatic rings. The van der Waals surface area contributed by atoms with E-state index in [4.69, 9.17) is 9.15 Å². The Bertz CT molecular complexity index is 904. The number of nitrogens with zero attached hydrogens (tertiary/aromatic N) is 2. The van der Waals surface area contributed by atoms with Crippen LogP contribution in [0, 0.1) is 11.7 Å². The lowest BCUT2D eigenvalue weighted by molar-refractivity contribution is -0.130. The number of hydrogen-bond donors (Lipinski definition) is 1. The van der Waals surface area contributed by atoms with Crippen molar-refractivity contribution in [3.63, 3.8) is 0 Å². The summed E-state index contributed by atoms with van der Waals surface area (Å²) in [7, 11) is 0. The number of halogens is 1. The van der Waals surface area contributed by atoms with Gasteiger partial charge in [0, 0.05) is 37.5 Å². The molecule has 1 aromatic carbocycles. The number of likely N-dealkylation sites (tertiary alicyclic amines) is 1. The lowest BCUT2D eigenvalue weighted by Gasteiger charge is -2.25. The third-order valence-corrected chi connectivity index (χ3v) is 5.26. The molecule has 2 amide bonds. The minimum Gasteiger partial charge on any atom is -0.444 e. The van der Waals surface area contributed by atoms with Gasteiger partial charge in [-0.1, -0.05) is 0 Å². The predicted molar refractivity (Wildman–Crippen MR) is 114 cm³/mol. The van der Waals surface area contributed by atoms with Gasteiger partial charge < -0.3 is 19.4 Å². The number of hydrogen-bond acceptors (Lipinski definition) is 5. The number of benzene rings is 1. The SMILES string of the molecule is C[C@H](NC(=O)OC(C)(C)C)[C@H]1CCN(C(=O)CCc2ncc(-c3ccc(F)cc3)o2)C1. The zero-order valence-electron chi connectivity index (χ0n) is 18.5. The van der Waals surface area contributed by atoms with Gasteiger partial charge in [-0.15, -0.1) is 0 Å². The average molecular weight is 432 g/mol. The molecule has 1 aliphatic rings. The first kappa shape index (κ1) is 22.8. The number of aromatic nitrogens is 1. The predicted octanol–water partition coefficient (Wildman–Crippen LogP) is 4.18. The maximum absolute atomic E-state index is 13.1. The molecule has 2 atom stereocenters. The summed E-state index contributed by atoms with van der Waals surface area (Å²) in [5.41, 5.74) is 0.193. The fraction of sp³-hybridized carbons (Fsp3) is 0.522. The molecule has 0 unspecified atom stereocenters. The average Bonchev–Trinajstić information content (AvgIpc) is 3.35. The zero-order chi connectivity index (χ0) is 22.6. The monoisotopic (exact) mass is 431 g/mol. The van der Waals surface area contributed by atoms with Crippen LogP contribution in [0.1, 0.15) is 46.4 Å². The number of rotatable bonds is 6. The Hall–Kier alpha value is -2.90. The van der Waals surface area contributed by atoms with Crippen molar-refractivity contribution >= 4 is 12.0 Å². The molecular formula is C23H30FN3O4. The van der Waals surface area contributed by atoms with E-state index in [0.717, 1.165) is 12.0 Å². The van der Waals surface area contributed by atoms with E-state index in [-0.39, 0.29) is 23.7 Å². The fourth-order valence-electron chi connectivity index (χ4n) is 3.58. The van der Waals surface area contributed by atoms with Gasteiger partial charge in [-0.3, -0.25) is 4.79 Å². The van der Waals surface area contributed by atoms with Crippen LogP contribution < -0.4 is 5.32 Å². The molecule has 1 aliphatic heterocycles. The second kappa shape index (κ2) is 9.49. The van der Waals surface area contributed by atoms with Crippen molar-refractivity contribution in [3.05, 3.63) is 42.2 Å². The molecule has 0 bridgehead atoms. The molecule has 31 heavy (non-hydrogen) atoms. The van der Waals surface area contributed by atoms with E-state index in [9.17, 15) is 14.0 Å². The molecule has 0 radical (unpaired) electrons. The first-order valence-corrected chi connectivity index (χ1v) is 10.6. The topological polar surface area (TPSA) is 84.7 Å². The maximum atomic E-state index is 13.1. The highest BCUT2D eigenvalue weighted by Gasteiger charge is 2.31. The number of alkyl carbamates (subject to hydrolysis) is 1. The lowest BCUT2D eigenvalue weighted by Crippen LogP contribution is -2.42. The van der Waals surface area contributed by atoms with Crippen LogP contribution in [-0.2, 0) is 16.0 Å². The van der Waals surface area contributed by atoms with Crippen LogP contribution in [0.25, 0.3) is 11.3 Å². The summed E-state index contributed by atoms with van der Waals surface area (Å²) in [6.45, 7) is 8.67. The van der Waals surface area contributed by atoms with Crippen molar-refractivity contribution in [2.75, 3.05) is 13.1 Å². The van der Waals surface area contributed by atoms with Crippen molar-refractivity contribution in [1.29, 1.82) is 0 Å². The van der Waals surface area contributed by atoms with Crippen molar-refractivity contribution in [2.24, 2.45) is 5.92 Å². The normalized spacial score (nSPS) is 17.5. The van der Waals surface area contributed by atoms with Crippen LogP contribution in [0.2, 0.25) is 0 Å². The number of carbonyl (C=O) groups is 2. The summed E-state index contributed by atoms with van der Waals surface area (Å²) in [6, 6.07) is 5.90. The number of aryl methyl sites for hydroxylation is 1. The van der Waals surface area contributed by atoms with Crippen LogP contribution in [0.15, 0.2) is 34.9 Å². The van der Waals surface area contributed by atoms with Gasteiger partial charge >= 0.3 is 6.09 Å². The largest absolute Gasteiger partial charge is 0.444 e. The van der Waals surface area contributed by atoms with Crippen molar-refractivity contribution in [2.45, 2.75) is 58.6 Å². The van der Waals surface area contributed by atoms with Gasteiger partial charge in [-0.2, -0.15) is 0 Å². The van der Waals surface area contributed by atoms with Crippen molar-refractivity contribution in [3.8, 4) is 11.3 Å². The van der Waals surface area contributed by atoms with E-state index in [1.807, 2.05) is 32.6 Å². The Morgan fingerprint density at radius 1 is 1.32 bits per heavy atom. The van der Waals surface area contributed by atoms with Gasteiger partial charge in [-0.05, 0) is 64.3 Å². The molecule has 1 fully saturated rings. The second-order valence-electron chi connectivity index (χ2n) is 8.95. The molecule has 7 nitrogen and oxygen atoms in total. The first-order valence-electron chi connectivity index (χ1n) is 10.6. The number of oxazole rings is 1. The summed E-state index contributed by atoms with van der Waals surface area (Å²) >= 11 is 0. The van der Waals surface area contributed by atoms with Crippen LogP contribution in [0.4, 0.5) is 9.18 Å². The van der Waals surface area contributed by atoms with Crippen molar-refractivity contribution < 1.29 is 23.1 Å². The van der Waals surface area contributed by atoms with Crippen LogP contribution in [-0.4, -0.2) is 46.6 Å². The fourth-order valence-corrected chi connectivity index (χ4v) is 3.58. The molecular weight excluding hydrogens is 401 g/mol. The highest BCUT2D eigenvalue weighted by Crippen LogP contribution is 2.23.